The lowest BCUT2D eigenvalue weighted by molar-refractivity contribution is -0.949. The Balaban J connectivity index is 1.13. The Bertz CT molecular complexity index is 1030. The van der Waals surface area contributed by atoms with E-state index in [1.807, 2.05) is 48.5 Å². The zero-order valence-corrected chi connectivity index (χ0v) is 21.4. The average molecular weight is 490 g/mol. The molecule has 5 aliphatic rings. The lowest BCUT2D eigenvalue weighted by Crippen LogP contribution is -2.65. The van der Waals surface area contributed by atoms with Crippen LogP contribution in [0.4, 0.5) is 0 Å². The van der Waals surface area contributed by atoms with E-state index in [1.54, 1.807) is 0 Å². The van der Waals surface area contributed by atoms with E-state index in [1.165, 1.54) is 45.2 Å². The van der Waals surface area contributed by atoms with Crippen molar-refractivity contribution in [3.63, 3.8) is 0 Å². The number of aliphatic imine (C=N–C) groups is 1. The Morgan fingerprint density at radius 1 is 0.917 bits per heavy atom. The van der Waals surface area contributed by atoms with Crippen molar-refractivity contribution in [1.82, 2.24) is 0 Å². The van der Waals surface area contributed by atoms with Gasteiger partial charge in [0.1, 0.15) is 12.3 Å². The highest BCUT2D eigenvalue weighted by molar-refractivity contribution is 5.88. The monoisotopic (exact) mass is 489 g/mol. The molecule has 2 aromatic carbocycles. The molecule has 1 unspecified atom stereocenters. The van der Waals surface area contributed by atoms with E-state index in [4.69, 9.17) is 14.5 Å². The summed E-state index contributed by atoms with van der Waals surface area (Å²) in [7, 11) is 0. The van der Waals surface area contributed by atoms with Crippen molar-refractivity contribution >= 4 is 5.90 Å². The first-order chi connectivity index (χ1) is 17.6. The van der Waals surface area contributed by atoms with Crippen LogP contribution in [0.15, 0.2) is 65.7 Å². The van der Waals surface area contributed by atoms with Gasteiger partial charge in [0.15, 0.2) is 11.7 Å². The third-order valence-electron chi connectivity index (χ3n) is 9.49. The van der Waals surface area contributed by atoms with Gasteiger partial charge in [0.25, 0.3) is 0 Å². The quantitative estimate of drug-likeness (QED) is 0.520. The van der Waals surface area contributed by atoms with E-state index in [-0.39, 0.29) is 12.0 Å². The maximum Gasteiger partial charge on any atom is 0.222 e. The Morgan fingerprint density at radius 2 is 1.61 bits per heavy atom. The van der Waals surface area contributed by atoms with Crippen molar-refractivity contribution in [1.29, 1.82) is 0 Å². The van der Waals surface area contributed by atoms with Crippen LogP contribution in [0.25, 0.3) is 0 Å². The molecule has 1 N–H and O–H groups in total. The van der Waals surface area contributed by atoms with Crippen molar-refractivity contribution in [2.24, 2.45) is 22.7 Å². The number of ether oxygens (including phenoxy) is 2. The van der Waals surface area contributed by atoms with Crippen LogP contribution >= 0.6 is 0 Å². The zero-order chi connectivity index (χ0) is 24.4. The summed E-state index contributed by atoms with van der Waals surface area (Å²) in [5.41, 5.74) is -0.183. The molecule has 5 heteroatoms. The molecule has 4 fully saturated rings. The fourth-order valence-electron chi connectivity index (χ4n) is 7.50. The van der Waals surface area contributed by atoms with E-state index in [0.717, 1.165) is 54.3 Å². The van der Waals surface area contributed by atoms with Crippen LogP contribution < -0.4 is 4.74 Å². The topological polar surface area (TPSA) is 51.1 Å². The second kappa shape index (κ2) is 10.2. The summed E-state index contributed by atoms with van der Waals surface area (Å²) in [5, 5.41) is 12.2. The molecule has 0 radical (unpaired) electrons. The molecule has 36 heavy (non-hydrogen) atoms. The van der Waals surface area contributed by atoms with Gasteiger partial charge in [-0.1, -0.05) is 67.8 Å². The molecular weight excluding hydrogens is 448 g/mol. The lowest BCUT2D eigenvalue weighted by Gasteiger charge is -2.53. The number of hydrogen-bond acceptors (Lipinski definition) is 4. The zero-order valence-electron chi connectivity index (χ0n) is 21.4. The standard InChI is InChI=1S/C31H41N2O3/c34-31(26-10-4-1-5-11-26,27-12-6-2-7-13-27)30-32-20-29(36-30)22-33-18-16-24(17-19-33)25(21-33)23-35-28-14-8-3-9-15-28/h1,3-5,8-11,14-15,24-25,27,29,34H,2,6-7,12-13,16-23H2/q+1/t24?,25-,29?,31+,33?/m1/s1. The molecule has 192 valence electrons. The van der Waals surface area contributed by atoms with Crippen LogP contribution in [0.1, 0.15) is 50.5 Å². The Hall–Kier alpha value is -2.37. The molecule has 7 rings (SSSR count). The number of aliphatic hydroxyl groups is 1. The molecule has 0 amide bonds. The molecule has 2 bridgehead atoms. The number of para-hydroxylation sites is 1. The van der Waals surface area contributed by atoms with Crippen LogP contribution in [0.5, 0.6) is 5.75 Å². The summed E-state index contributed by atoms with van der Waals surface area (Å²) in [4.78, 5) is 4.89. The summed E-state index contributed by atoms with van der Waals surface area (Å²) in [6.45, 7) is 6.07. The predicted molar refractivity (Wildman–Crippen MR) is 142 cm³/mol. The Kier molecular flexibility index (Phi) is 6.78. The first-order valence-electron chi connectivity index (χ1n) is 14.2. The van der Waals surface area contributed by atoms with Crippen LogP contribution in [-0.2, 0) is 10.3 Å². The minimum absolute atomic E-state index is 0.0455. The smallest absolute Gasteiger partial charge is 0.222 e. The molecule has 0 aromatic heterocycles. The molecule has 0 spiro atoms. The fourth-order valence-corrected chi connectivity index (χ4v) is 7.50. The second-order valence-electron chi connectivity index (χ2n) is 11.7. The SMILES string of the molecule is O[C@@](C1=NCC(C[N+]23CCC(CC2)[C@@H](COc2ccccc2)C3)O1)(c1ccccc1)C1CCCCC1. The van der Waals surface area contributed by atoms with E-state index >= 15 is 0 Å². The molecule has 1 saturated carbocycles. The Labute approximate surface area is 215 Å². The first kappa shape index (κ1) is 24.0. The van der Waals surface area contributed by atoms with Crippen LogP contribution in [-0.4, -0.2) is 60.9 Å². The summed E-state index contributed by atoms with van der Waals surface area (Å²) >= 11 is 0. The van der Waals surface area contributed by atoms with Gasteiger partial charge in [-0.25, -0.2) is 4.99 Å². The minimum atomic E-state index is -1.11. The number of hydrogen-bond donors (Lipinski definition) is 1. The number of nitrogens with zero attached hydrogens (tertiary/aromatic N) is 2. The first-order valence-corrected chi connectivity index (χ1v) is 14.2. The molecular formula is C31H41N2O3+. The highest BCUT2D eigenvalue weighted by atomic mass is 16.5. The van der Waals surface area contributed by atoms with Gasteiger partial charge in [-0.15, -0.1) is 0 Å². The van der Waals surface area contributed by atoms with Gasteiger partial charge in [0.05, 0.1) is 32.8 Å². The molecule has 4 aliphatic heterocycles. The molecule has 3 saturated heterocycles. The average Bonchev–Trinajstić information content (AvgIpc) is 3.42. The number of quaternary nitrogens is 1. The van der Waals surface area contributed by atoms with Crippen molar-refractivity contribution in [3.05, 3.63) is 66.2 Å². The molecule has 3 atom stereocenters. The van der Waals surface area contributed by atoms with Gasteiger partial charge in [0, 0.05) is 24.7 Å². The number of rotatable bonds is 8. The molecule has 1 aliphatic carbocycles. The third-order valence-corrected chi connectivity index (χ3v) is 9.49. The lowest BCUT2D eigenvalue weighted by atomic mass is 9.73. The van der Waals surface area contributed by atoms with E-state index in [0.29, 0.717) is 18.4 Å². The van der Waals surface area contributed by atoms with E-state index < -0.39 is 5.60 Å². The largest absolute Gasteiger partial charge is 0.493 e. The van der Waals surface area contributed by atoms with Gasteiger partial charge < -0.3 is 19.1 Å². The van der Waals surface area contributed by atoms with E-state index in [2.05, 4.69) is 12.1 Å². The van der Waals surface area contributed by atoms with Gasteiger partial charge in [0.2, 0.25) is 5.90 Å². The van der Waals surface area contributed by atoms with Crippen molar-refractivity contribution < 1.29 is 19.1 Å². The highest BCUT2D eigenvalue weighted by Gasteiger charge is 2.51. The molecule has 5 nitrogen and oxygen atoms in total. The van der Waals surface area contributed by atoms with Crippen molar-refractivity contribution in [3.8, 4) is 5.75 Å². The van der Waals surface area contributed by atoms with Crippen molar-refractivity contribution in [2.45, 2.75) is 56.7 Å². The normalized spacial score (nSPS) is 31.9. The highest BCUT2D eigenvalue weighted by Crippen LogP contribution is 2.43. The second-order valence-corrected chi connectivity index (χ2v) is 11.7. The minimum Gasteiger partial charge on any atom is -0.493 e. The summed E-state index contributed by atoms with van der Waals surface area (Å²) in [5.74, 6) is 3.08. The molecule has 2 aromatic rings. The molecule has 4 heterocycles. The summed E-state index contributed by atoms with van der Waals surface area (Å²) in [6, 6.07) is 20.4. The van der Waals surface area contributed by atoms with Crippen LogP contribution in [0.3, 0.4) is 0 Å². The van der Waals surface area contributed by atoms with Crippen molar-refractivity contribution in [2.75, 3.05) is 39.3 Å². The maximum atomic E-state index is 12.2. The van der Waals surface area contributed by atoms with Crippen LogP contribution in [0.2, 0.25) is 0 Å². The maximum absolute atomic E-state index is 12.2. The number of benzene rings is 2. The summed E-state index contributed by atoms with van der Waals surface area (Å²) < 4.78 is 13.9. The van der Waals surface area contributed by atoms with Gasteiger partial charge >= 0.3 is 0 Å². The third kappa shape index (κ3) is 4.68. The van der Waals surface area contributed by atoms with Gasteiger partial charge in [-0.05, 0) is 36.5 Å². The number of piperidine rings is 3. The van der Waals surface area contributed by atoms with Gasteiger partial charge in [-0.3, -0.25) is 0 Å². The summed E-state index contributed by atoms with van der Waals surface area (Å²) in [6.07, 6.45) is 8.26. The van der Waals surface area contributed by atoms with E-state index in [9.17, 15) is 5.11 Å². The predicted octanol–water partition coefficient (Wildman–Crippen LogP) is 5.19. The van der Waals surface area contributed by atoms with Gasteiger partial charge in [-0.2, -0.15) is 0 Å². The van der Waals surface area contributed by atoms with Crippen LogP contribution in [0, 0.1) is 17.8 Å². The Morgan fingerprint density at radius 3 is 2.33 bits per heavy atom. The fraction of sp³-hybridized carbons (Fsp3) is 0.581. The number of fused-ring (bicyclic) bond motifs is 3.